The van der Waals surface area contributed by atoms with Gasteiger partial charge in [0.25, 0.3) is 0 Å². The molecule has 0 aliphatic rings. The zero-order chi connectivity index (χ0) is 17.9. The summed E-state index contributed by atoms with van der Waals surface area (Å²) in [6.45, 7) is 0. The quantitative estimate of drug-likeness (QED) is 0.258. The summed E-state index contributed by atoms with van der Waals surface area (Å²) in [5, 5.41) is 5.59. The van der Waals surface area contributed by atoms with Crippen molar-refractivity contribution in [1.29, 1.82) is 0 Å². The van der Waals surface area contributed by atoms with Gasteiger partial charge in [-0.1, -0.05) is 0 Å². The van der Waals surface area contributed by atoms with E-state index in [-0.39, 0.29) is 0 Å². The van der Waals surface area contributed by atoms with Gasteiger partial charge in [0.05, 0.1) is 0 Å². The van der Waals surface area contributed by atoms with Crippen LogP contribution in [0.3, 0.4) is 0 Å². The Labute approximate surface area is 175 Å². The van der Waals surface area contributed by atoms with Gasteiger partial charge in [0.1, 0.15) is 0 Å². The van der Waals surface area contributed by atoms with E-state index in [0.717, 1.165) is 0 Å². The summed E-state index contributed by atoms with van der Waals surface area (Å²) in [5.41, 5.74) is 0. The van der Waals surface area contributed by atoms with E-state index in [0.29, 0.717) is 29.9 Å². The van der Waals surface area contributed by atoms with Crippen molar-refractivity contribution in [2.45, 2.75) is 21.4 Å². The number of fused-ring (bicyclic) bond motifs is 2. The van der Waals surface area contributed by atoms with E-state index in [1.165, 1.54) is 40.3 Å². The maximum atomic E-state index is 2.30. The van der Waals surface area contributed by atoms with Gasteiger partial charge < -0.3 is 0 Å². The van der Waals surface area contributed by atoms with Gasteiger partial charge in [-0.25, -0.2) is 0 Å². The fourth-order valence-corrected chi connectivity index (χ4v) is 8.56. The number of hydrogen-bond acceptors (Lipinski definition) is 2. The Morgan fingerprint density at radius 2 is 0.923 bits per heavy atom. The first kappa shape index (κ1) is 18.5. The fourth-order valence-electron chi connectivity index (χ4n) is 3.12. The molecule has 0 heterocycles. The van der Waals surface area contributed by atoms with Gasteiger partial charge in [0.2, 0.25) is 0 Å². The van der Waals surface area contributed by atoms with Crippen LogP contribution in [0.1, 0.15) is 0 Å². The second-order valence-electron chi connectivity index (χ2n) is 5.80. The van der Waals surface area contributed by atoms with Crippen molar-refractivity contribution in [3.63, 3.8) is 0 Å². The van der Waals surface area contributed by atoms with Crippen LogP contribution < -0.4 is 8.92 Å². The predicted octanol–water partition coefficient (Wildman–Crippen LogP) is 5.55. The molecule has 0 radical (unpaired) electrons. The van der Waals surface area contributed by atoms with Crippen molar-refractivity contribution in [3.05, 3.63) is 72.8 Å². The number of benzene rings is 4. The zero-order valence-electron chi connectivity index (χ0n) is 14.6. The summed E-state index contributed by atoms with van der Waals surface area (Å²) in [5.74, 6) is 4.60. The monoisotopic (exact) mass is 506 g/mol. The first-order chi connectivity index (χ1) is 12.8. The maximum absolute atomic E-state index is 2.30. The van der Waals surface area contributed by atoms with Crippen LogP contribution in [-0.4, -0.2) is 29.9 Å². The first-order valence-electron chi connectivity index (χ1n) is 8.28. The van der Waals surface area contributed by atoms with Gasteiger partial charge in [-0.2, -0.15) is 0 Å². The van der Waals surface area contributed by atoms with Crippen molar-refractivity contribution in [1.82, 2.24) is 0 Å². The molecule has 0 unspecified atom stereocenters. The van der Waals surface area contributed by atoms with Crippen LogP contribution in [0.5, 0.6) is 0 Å². The Hall–Kier alpha value is -0.861. The molecule has 0 saturated carbocycles. The van der Waals surface area contributed by atoms with Gasteiger partial charge in [-0.15, -0.1) is 0 Å². The second-order valence-corrected chi connectivity index (χ2v) is 11.6. The van der Waals surface area contributed by atoms with Gasteiger partial charge in [0, 0.05) is 0 Å². The summed E-state index contributed by atoms with van der Waals surface area (Å²) in [6.07, 6.45) is 0. The van der Waals surface area contributed by atoms with E-state index in [1.54, 1.807) is 0 Å². The van der Waals surface area contributed by atoms with Gasteiger partial charge >= 0.3 is 176 Å². The van der Waals surface area contributed by atoms with E-state index in [4.69, 9.17) is 0 Å². The molecule has 130 valence electrons. The molecule has 0 spiro atoms. The van der Waals surface area contributed by atoms with E-state index in [9.17, 15) is 0 Å². The summed E-state index contributed by atoms with van der Waals surface area (Å²) < 4.78 is 2.99. The molecule has 4 rings (SSSR count). The van der Waals surface area contributed by atoms with Crippen LogP contribution in [0.2, 0.25) is 11.6 Å². The molecular formula is C22H18S2Se2. The molecule has 0 aliphatic heterocycles. The Balaban J connectivity index is 1.75. The van der Waals surface area contributed by atoms with Crippen LogP contribution in [0.25, 0.3) is 21.5 Å². The zero-order valence-corrected chi connectivity index (χ0v) is 19.6. The average Bonchev–Trinajstić information content (AvgIpc) is 2.71. The molecule has 0 N–H and O–H groups in total. The normalized spacial score (nSPS) is 11.3. The van der Waals surface area contributed by atoms with E-state index in [2.05, 4.69) is 84.4 Å². The number of hydrogen-bond donors (Lipinski definition) is 0. The molecule has 0 atom stereocenters. The topological polar surface area (TPSA) is 0 Å². The molecule has 0 aliphatic carbocycles. The second kappa shape index (κ2) is 8.44. The predicted molar refractivity (Wildman–Crippen MR) is 122 cm³/mol. The minimum atomic E-state index is 0.498. The molecule has 4 aromatic carbocycles. The summed E-state index contributed by atoms with van der Waals surface area (Å²) in [7, 11) is 3.80. The Bertz CT molecular complexity index is 978. The average molecular weight is 504 g/mol. The number of rotatable bonds is 5. The van der Waals surface area contributed by atoms with Crippen molar-refractivity contribution in [2.75, 3.05) is 0 Å². The van der Waals surface area contributed by atoms with Crippen LogP contribution in [0, 0.1) is 0 Å². The molecule has 4 aromatic rings. The minimum absolute atomic E-state index is 0.498. The molecule has 0 fully saturated rings. The Morgan fingerprint density at radius 1 is 0.538 bits per heavy atom. The Kier molecular flexibility index (Phi) is 6.00. The standard InChI is InChI=1S/C22H18S2Se2/c1-25-19-13-5-9-15-7-3-11-17(21(15)19)23-24-18-12-4-8-16-10-6-14-20(26-2)22(16)18/h3-14H,1-2H3. The van der Waals surface area contributed by atoms with Crippen molar-refractivity contribution < 1.29 is 0 Å². The summed E-state index contributed by atoms with van der Waals surface area (Å²) >= 11 is 0.996. The molecule has 26 heavy (non-hydrogen) atoms. The van der Waals surface area contributed by atoms with Crippen LogP contribution in [-0.2, 0) is 0 Å². The molecule has 0 bridgehead atoms. The molecular weight excluding hydrogens is 486 g/mol. The first-order valence-corrected chi connectivity index (χ1v) is 15.6. The van der Waals surface area contributed by atoms with Crippen LogP contribution in [0.4, 0.5) is 0 Å². The van der Waals surface area contributed by atoms with Gasteiger partial charge in [-0.3, -0.25) is 0 Å². The molecule has 0 nitrogen and oxygen atoms in total. The molecule has 0 aromatic heterocycles. The SMILES string of the molecule is C[Se]c1cccc2cccc(SSc3cccc4cccc([Se]C)c34)c12. The van der Waals surface area contributed by atoms with Crippen molar-refractivity contribution in [3.8, 4) is 0 Å². The van der Waals surface area contributed by atoms with Crippen LogP contribution >= 0.6 is 21.6 Å². The van der Waals surface area contributed by atoms with E-state index < -0.39 is 0 Å². The molecule has 0 amide bonds. The van der Waals surface area contributed by atoms with E-state index in [1.807, 2.05) is 21.6 Å². The van der Waals surface area contributed by atoms with Crippen molar-refractivity contribution in [2.24, 2.45) is 0 Å². The summed E-state index contributed by atoms with van der Waals surface area (Å²) in [4.78, 5) is 2.76. The third kappa shape index (κ3) is 3.60. The van der Waals surface area contributed by atoms with E-state index >= 15 is 0 Å². The molecule has 0 saturated heterocycles. The fraction of sp³-hybridized carbons (Fsp3) is 0.0909. The third-order valence-electron chi connectivity index (χ3n) is 4.32. The van der Waals surface area contributed by atoms with Gasteiger partial charge in [-0.05, 0) is 0 Å². The Morgan fingerprint density at radius 3 is 1.31 bits per heavy atom. The van der Waals surface area contributed by atoms with Gasteiger partial charge in [0.15, 0.2) is 0 Å². The third-order valence-corrected chi connectivity index (χ3v) is 10.0. The summed E-state index contributed by atoms with van der Waals surface area (Å²) in [6, 6.07) is 26.8. The van der Waals surface area contributed by atoms with Crippen molar-refractivity contribution >= 4 is 82.0 Å². The molecule has 4 heteroatoms. The van der Waals surface area contributed by atoms with Crippen LogP contribution in [0.15, 0.2) is 82.6 Å².